The molecule has 6 heteroatoms. The second kappa shape index (κ2) is 5.36. The predicted octanol–water partition coefficient (Wildman–Crippen LogP) is 2.65. The highest BCUT2D eigenvalue weighted by molar-refractivity contribution is 9.18. The van der Waals surface area contributed by atoms with Gasteiger partial charge in [0.1, 0.15) is 0 Å². The van der Waals surface area contributed by atoms with Crippen molar-refractivity contribution in [1.29, 1.82) is 0 Å². The summed E-state index contributed by atoms with van der Waals surface area (Å²) in [5.74, 6) is 0. The summed E-state index contributed by atoms with van der Waals surface area (Å²) in [6.45, 7) is 0. The van der Waals surface area contributed by atoms with E-state index < -0.39 is 0 Å². The van der Waals surface area contributed by atoms with Gasteiger partial charge in [-0.25, -0.2) is 5.26 Å². The van der Waals surface area contributed by atoms with Gasteiger partial charge in [-0.2, -0.15) is 0 Å². The molecule has 0 fully saturated rings. The smallest absolute Gasteiger partial charge is 0.228 e. The van der Waals surface area contributed by atoms with Crippen LogP contribution in [0, 0.1) is 0 Å². The highest BCUT2D eigenvalue weighted by Crippen LogP contribution is 2.19. The highest BCUT2D eigenvalue weighted by Gasteiger charge is 2.01. The fraction of sp³-hybridized carbons (Fsp3) is 0. The minimum absolute atomic E-state index is 0.177. The van der Waals surface area contributed by atoms with Gasteiger partial charge < -0.3 is 0 Å². The first-order valence-corrected chi connectivity index (χ1v) is 4.72. The fourth-order valence-corrected chi connectivity index (χ4v) is 1.32. The second-order valence-electron chi connectivity index (χ2n) is 2.02. The molecule has 1 N–H and O–H groups in total. The van der Waals surface area contributed by atoms with E-state index in [0.717, 1.165) is 12.0 Å². The van der Waals surface area contributed by atoms with E-state index >= 15 is 0 Å². The van der Waals surface area contributed by atoms with Gasteiger partial charge in [0.2, 0.25) is 4.69 Å². The normalized spacial score (nSPS) is 10.0. The van der Waals surface area contributed by atoms with E-state index in [0.29, 0.717) is 10.5 Å². The van der Waals surface area contributed by atoms with Gasteiger partial charge in [0.05, 0.1) is 12.0 Å². The first-order valence-electron chi connectivity index (χ1n) is 3.18. The number of hydrogen-bond acceptors (Lipinski definition) is 5. The van der Waals surface area contributed by atoms with Crippen LogP contribution in [0.1, 0.15) is 10.4 Å². The van der Waals surface area contributed by atoms with Crippen molar-refractivity contribution in [2.45, 2.75) is 4.90 Å². The third kappa shape index (κ3) is 3.45. The van der Waals surface area contributed by atoms with Crippen molar-refractivity contribution in [2.24, 2.45) is 0 Å². The first kappa shape index (κ1) is 10.7. The van der Waals surface area contributed by atoms with Crippen molar-refractivity contribution in [1.82, 2.24) is 0 Å². The van der Waals surface area contributed by atoms with Crippen LogP contribution < -0.4 is 0 Å². The third-order valence-corrected chi connectivity index (χ3v) is 2.29. The largest absolute Gasteiger partial charge is 0.281 e. The Morgan fingerprint density at radius 2 is 2.00 bits per heavy atom. The molecule has 0 saturated heterocycles. The average Bonchev–Trinajstić information content (AvgIpc) is 2.15. The zero-order valence-corrected chi connectivity index (χ0v) is 8.67. The molecule has 0 aliphatic heterocycles. The third-order valence-electron chi connectivity index (χ3n) is 1.24. The zero-order valence-electron chi connectivity index (χ0n) is 6.27. The SMILES string of the molecule is O=C(Br)c1ccc(SOOO)cc1. The van der Waals surface area contributed by atoms with E-state index in [2.05, 4.69) is 25.3 Å². The molecule has 0 heterocycles. The molecule has 0 amide bonds. The van der Waals surface area contributed by atoms with Crippen molar-refractivity contribution >= 4 is 32.7 Å². The predicted molar refractivity (Wildman–Crippen MR) is 50.4 cm³/mol. The molecule has 0 saturated carbocycles. The maximum atomic E-state index is 10.8. The number of rotatable bonds is 4. The minimum Gasteiger partial charge on any atom is -0.281 e. The number of carbonyl (C=O) groups is 1. The molecule has 0 bridgehead atoms. The van der Waals surface area contributed by atoms with Crippen molar-refractivity contribution in [3.8, 4) is 0 Å². The highest BCUT2D eigenvalue weighted by atomic mass is 79.9. The van der Waals surface area contributed by atoms with Gasteiger partial charge >= 0.3 is 0 Å². The van der Waals surface area contributed by atoms with Crippen LogP contribution in [-0.2, 0) is 9.37 Å². The molecule has 0 atom stereocenters. The van der Waals surface area contributed by atoms with Gasteiger partial charge in [0.25, 0.3) is 0 Å². The maximum Gasteiger partial charge on any atom is 0.228 e. The van der Waals surface area contributed by atoms with E-state index in [1.165, 1.54) is 0 Å². The fourth-order valence-electron chi connectivity index (χ4n) is 0.696. The molecule has 4 nitrogen and oxygen atoms in total. The molecule has 0 aliphatic carbocycles. The average molecular weight is 265 g/mol. The lowest BCUT2D eigenvalue weighted by Gasteiger charge is -1.97. The van der Waals surface area contributed by atoms with Gasteiger partial charge in [-0.1, -0.05) is 5.04 Å². The van der Waals surface area contributed by atoms with E-state index in [1.807, 2.05) is 0 Å². The van der Waals surface area contributed by atoms with Crippen LogP contribution >= 0.6 is 28.0 Å². The molecule has 0 unspecified atom stereocenters. The lowest BCUT2D eigenvalue weighted by atomic mass is 10.2. The van der Waals surface area contributed by atoms with Gasteiger partial charge in [-0.05, 0) is 40.2 Å². The molecule has 1 aromatic carbocycles. The molecular formula is C7H5BrO4S. The summed E-state index contributed by atoms with van der Waals surface area (Å²) in [5, 5.41) is 11.3. The van der Waals surface area contributed by atoms with Crippen LogP contribution in [0.5, 0.6) is 0 Å². The summed E-state index contributed by atoms with van der Waals surface area (Å²) in [7, 11) is 0. The summed E-state index contributed by atoms with van der Waals surface area (Å²) in [6, 6.07) is 6.58. The lowest BCUT2D eigenvalue weighted by Crippen LogP contribution is -1.86. The molecule has 70 valence electrons. The molecule has 1 aromatic rings. The topological polar surface area (TPSA) is 55.8 Å². The number of carbonyl (C=O) groups excluding carboxylic acids is 1. The van der Waals surface area contributed by atoms with Crippen LogP contribution in [0.3, 0.4) is 0 Å². The van der Waals surface area contributed by atoms with Crippen molar-refractivity contribution in [3.63, 3.8) is 0 Å². The Balaban J connectivity index is 2.64. The Hall–Kier alpha value is -0.400. The summed E-state index contributed by atoms with van der Waals surface area (Å²) in [5.41, 5.74) is 0.550. The van der Waals surface area contributed by atoms with Crippen molar-refractivity contribution in [2.75, 3.05) is 0 Å². The van der Waals surface area contributed by atoms with Crippen LogP contribution in [0.25, 0.3) is 0 Å². The Labute approximate surface area is 87.0 Å². The van der Waals surface area contributed by atoms with E-state index in [4.69, 9.17) is 5.26 Å². The number of halogens is 1. The maximum absolute atomic E-state index is 10.8. The summed E-state index contributed by atoms with van der Waals surface area (Å²) in [4.78, 5) is 11.5. The van der Waals surface area contributed by atoms with E-state index in [1.54, 1.807) is 24.3 Å². The molecule has 0 spiro atoms. The van der Waals surface area contributed by atoms with Crippen molar-refractivity contribution in [3.05, 3.63) is 29.8 Å². The standard InChI is InChI=1S/C7H5BrO4S/c8-7(9)5-1-3-6(4-2-5)13-12-11-10/h1-4,10H. The Bertz CT molecular complexity index is 287. The first-order chi connectivity index (χ1) is 6.24. The van der Waals surface area contributed by atoms with Gasteiger partial charge in [-0.3, -0.25) is 4.79 Å². The lowest BCUT2D eigenvalue weighted by molar-refractivity contribution is -0.432. The van der Waals surface area contributed by atoms with Gasteiger partial charge in [0, 0.05) is 10.5 Å². The minimum atomic E-state index is -0.177. The summed E-state index contributed by atoms with van der Waals surface area (Å²) >= 11 is 3.66. The second-order valence-corrected chi connectivity index (χ2v) is 3.52. The van der Waals surface area contributed by atoms with Crippen LogP contribution in [0.4, 0.5) is 0 Å². The van der Waals surface area contributed by atoms with Crippen molar-refractivity contribution < 1.29 is 19.4 Å². The Morgan fingerprint density at radius 3 is 2.46 bits per heavy atom. The monoisotopic (exact) mass is 264 g/mol. The number of hydrogen-bond donors (Lipinski definition) is 1. The molecular weight excluding hydrogens is 260 g/mol. The number of benzene rings is 1. The molecule has 1 rings (SSSR count). The van der Waals surface area contributed by atoms with Crippen LogP contribution in [-0.4, -0.2) is 9.95 Å². The molecule has 0 radical (unpaired) electrons. The molecule has 0 aliphatic rings. The Morgan fingerprint density at radius 1 is 1.38 bits per heavy atom. The van der Waals surface area contributed by atoms with E-state index in [9.17, 15) is 4.79 Å². The van der Waals surface area contributed by atoms with Crippen LogP contribution in [0.15, 0.2) is 29.2 Å². The quantitative estimate of drug-likeness (QED) is 0.392. The van der Waals surface area contributed by atoms with Crippen LogP contribution in [0.2, 0.25) is 0 Å². The van der Waals surface area contributed by atoms with Gasteiger partial charge in [0.15, 0.2) is 0 Å². The summed E-state index contributed by atoms with van der Waals surface area (Å²) < 4.78 is 4.02. The summed E-state index contributed by atoms with van der Waals surface area (Å²) in [6.07, 6.45) is 0. The molecule has 0 aromatic heterocycles. The van der Waals surface area contributed by atoms with Gasteiger partial charge in [-0.15, -0.1) is 4.33 Å². The Kier molecular flexibility index (Phi) is 4.40. The zero-order chi connectivity index (χ0) is 9.68. The molecule has 13 heavy (non-hydrogen) atoms. The van der Waals surface area contributed by atoms with E-state index in [-0.39, 0.29) is 4.69 Å².